The summed E-state index contributed by atoms with van der Waals surface area (Å²) in [6.07, 6.45) is 0.557. The predicted molar refractivity (Wildman–Crippen MR) is 72.7 cm³/mol. The molecule has 1 N–H and O–H groups in total. The van der Waals surface area contributed by atoms with Crippen LogP contribution in [0.1, 0.15) is 34.1 Å². The molecule has 5 nitrogen and oxygen atoms in total. The maximum atomic E-state index is 11.6. The molecule has 1 saturated heterocycles. The van der Waals surface area contributed by atoms with Crippen LogP contribution in [0.15, 0.2) is 0 Å². The minimum absolute atomic E-state index is 0.0937. The van der Waals surface area contributed by atoms with Gasteiger partial charge in [-0.25, -0.2) is 0 Å². The highest BCUT2D eigenvalue weighted by molar-refractivity contribution is 5.75. The number of rotatable bonds is 6. The molecule has 19 heavy (non-hydrogen) atoms. The Morgan fingerprint density at radius 3 is 2.42 bits per heavy atom. The summed E-state index contributed by atoms with van der Waals surface area (Å²) >= 11 is 0. The van der Waals surface area contributed by atoms with Gasteiger partial charge in [0, 0.05) is 18.4 Å². The molecule has 5 heteroatoms. The van der Waals surface area contributed by atoms with Gasteiger partial charge in [0.1, 0.15) is 6.04 Å². The van der Waals surface area contributed by atoms with Crippen molar-refractivity contribution in [2.45, 2.75) is 46.4 Å². The molecular weight excluding hydrogens is 246 g/mol. The van der Waals surface area contributed by atoms with E-state index in [1.54, 1.807) is 0 Å². The lowest BCUT2D eigenvalue weighted by molar-refractivity contribution is -0.223. The van der Waals surface area contributed by atoms with Crippen molar-refractivity contribution in [1.29, 1.82) is 0 Å². The fourth-order valence-corrected chi connectivity index (χ4v) is 1.97. The van der Waals surface area contributed by atoms with Crippen molar-refractivity contribution in [2.75, 3.05) is 26.9 Å². The van der Waals surface area contributed by atoms with Gasteiger partial charge in [0.25, 0.3) is 0 Å². The third-order valence-electron chi connectivity index (χ3n) is 3.19. The minimum atomic E-state index is -0.273. The highest BCUT2D eigenvalue weighted by Crippen LogP contribution is 2.23. The molecule has 1 unspecified atom stereocenters. The first-order valence-corrected chi connectivity index (χ1v) is 6.90. The van der Waals surface area contributed by atoms with E-state index in [-0.39, 0.29) is 29.6 Å². The van der Waals surface area contributed by atoms with Crippen LogP contribution >= 0.6 is 0 Å². The van der Waals surface area contributed by atoms with Crippen LogP contribution in [0.3, 0.4) is 0 Å². The van der Waals surface area contributed by atoms with E-state index in [2.05, 4.69) is 19.2 Å². The Labute approximate surface area is 116 Å². The number of hydrogen-bond acceptors (Lipinski definition) is 5. The van der Waals surface area contributed by atoms with Crippen LogP contribution < -0.4 is 5.32 Å². The van der Waals surface area contributed by atoms with Gasteiger partial charge in [-0.2, -0.15) is 0 Å². The molecule has 1 aliphatic heterocycles. The zero-order chi connectivity index (χ0) is 14.5. The molecule has 0 spiro atoms. The molecule has 0 aromatic rings. The van der Waals surface area contributed by atoms with Crippen LogP contribution in [-0.4, -0.2) is 45.2 Å². The third kappa shape index (κ3) is 5.47. The lowest BCUT2D eigenvalue weighted by Crippen LogP contribution is -2.44. The van der Waals surface area contributed by atoms with Gasteiger partial charge in [-0.1, -0.05) is 27.7 Å². The SMILES string of the molecule is COC(=O)C(NCCC1OCC(C)(C)CO1)C(C)C. The molecule has 112 valence electrons. The minimum Gasteiger partial charge on any atom is -0.468 e. The molecule has 1 aliphatic rings. The zero-order valence-corrected chi connectivity index (χ0v) is 12.7. The second-order valence-corrected chi connectivity index (χ2v) is 6.20. The molecule has 0 aliphatic carbocycles. The topological polar surface area (TPSA) is 56.8 Å². The van der Waals surface area contributed by atoms with Gasteiger partial charge in [0.05, 0.1) is 20.3 Å². The van der Waals surface area contributed by atoms with Crippen molar-refractivity contribution in [2.24, 2.45) is 11.3 Å². The molecule has 0 bridgehead atoms. The van der Waals surface area contributed by atoms with E-state index in [9.17, 15) is 4.79 Å². The standard InChI is InChI=1S/C14H27NO4/c1-10(2)12(13(16)17-5)15-7-6-11-18-8-14(3,4)9-19-11/h10-12,15H,6-9H2,1-5H3. The summed E-state index contributed by atoms with van der Waals surface area (Å²) in [5, 5.41) is 3.20. The van der Waals surface area contributed by atoms with E-state index in [0.29, 0.717) is 19.8 Å². The second-order valence-electron chi connectivity index (χ2n) is 6.20. The number of carbonyl (C=O) groups is 1. The van der Waals surface area contributed by atoms with Crippen LogP contribution in [0.2, 0.25) is 0 Å². The molecule has 0 saturated carbocycles. The van der Waals surface area contributed by atoms with Crippen LogP contribution in [-0.2, 0) is 19.0 Å². The largest absolute Gasteiger partial charge is 0.468 e. The zero-order valence-electron chi connectivity index (χ0n) is 12.7. The van der Waals surface area contributed by atoms with E-state index in [4.69, 9.17) is 14.2 Å². The highest BCUT2D eigenvalue weighted by Gasteiger charge is 2.28. The maximum absolute atomic E-state index is 11.6. The molecule has 0 aromatic carbocycles. The average Bonchev–Trinajstić information content (AvgIpc) is 2.35. The summed E-state index contributed by atoms with van der Waals surface area (Å²) in [5.41, 5.74) is 0.0937. The van der Waals surface area contributed by atoms with Crippen molar-refractivity contribution in [3.8, 4) is 0 Å². The normalized spacial score (nSPS) is 21.4. The first kappa shape index (κ1) is 16.4. The van der Waals surface area contributed by atoms with E-state index in [1.807, 2.05) is 13.8 Å². The molecule has 1 atom stereocenters. The molecule has 1 rings (SSSR count). The smallest absolute Gasteiger partial charge is 0.323 e. The number of methoxy groups -OCH3 is 1. The van der Waals surface area contributed by atoms with Crippen LogP contribution in [0, 0.1) is 11.3 Å². The van der Waals surface area contributed by atoms with Gasteiger partial charge >= 0.3 is 5.97 Å². The molecule has 0 aromatic heterocycles. The fourth-order valence-electron chi connectivity index (χ4n) is 1.97. The van der Waals surface area contributed by atoms with Crippen molar-refractivity contribution < 1.29 is 19.0 Å². The number of ether oxygens (including phenoxy) is 3. The first-order valence-electron chi connectivity index (χ1n) is 6.90. The van der Waals surface area contributed by atoms with Gasteiger partial charge in [-0.3, -0.25) is 4.79 Å². The Hall–Kier alpha value is -0.650. The third-order valence-corrected chi connectivity index (χ3v) is 3.19. The quantitative estimate of drug-likeness (QED) is 0.744. The van der Waals surface area contributed by atoms with Crippen molar-refractivity contribution in [1.82, 2.24) is 5.32 Å². The molecule has 1 heterocycles. The van der Waals surface area contributed by atoms with Gasteiger partial charge in [0.2, 0.25) is 0 Å². The van der Waals surface area contributed by atoms with Crippen molar-refractivity contribution >= 4 is 5.97 Å². The van der Waals surface area contributed by atoms with E-state index >= 15 is 0 Å². The summed E-state index contributed by atoms with van der Waals surface area (Å²) in [7, 11) is 1.41. The first-order chi connectivity index (χ1) is 8.85. The Bertz CT molecular complexity index is 281. The maximum Gasteiger partial charge on any atom is 0.323 e. The van der Waals surface area contributed by atoms with Crippen molar-refractivity contribution in [3.05, 3.63) is 0 Å². The summed E-state index contributed by atoms with van der Waals surface area (Å²) in [4.78, 5) is 11.6. The van der Waals surface area contributed by atoms with Crippen molar-refractivity contribution in [3.63, 3.8) is 0 Å². The van der Waals surface area contributed by atoms with E-state index < -0.39 is 0 Å². The van der Waals surface area contributed by atoms with E-state index in [0.717, 1.165) is 6.42 Å². The lowest BCUT2D eigenvalue weighted by Gasteiger charge is -2.34. The fraction of sp³-hybridized carbons (Fsp3) is 0.929. The Morgan fingerprint density at radius 2 is 1.95 bits per heavy atom. The van der Waals surface area contributed by atoms with Gasteiger partial charge in [-0.15, -0.1) is 0 Å². The van der Waals surface area contributed by atoms with Crippen LogP contribution in [0.25, 0.3) is 0 Å². The molecule has 1 fully saturated rings. The Kier molecular flexibility index (Phi) is 6.23. The van der Waals surface area contributed by atoms with Gasteiger partial charge in [-0.05, 0) is 5.92 Å². The second kappa shape index (κ2) is 7.22. The Morgan fingerprint density at radius 1 is 1.37 bits per heavy atom. The van der Waals surface area contributed by atoms with Gasteiger partial charge in [0.15, 0.2) is 6.29 Å². The Balaban J connectivity index is 2.27. The van der Waals surface area contributed by atoms with Crippen LogP contribution in [0.4, 0.5) is 0 Å². The summed E-state index contributed by atoms with van der Waals surface area (Å²) < 4.78 is 16.1. The summed E-state index contributed by atoms with van der Waals surface area (Å²) in [5.74, 6) is -0.0267. The molecular formula is C14H27NO4. The molecule has 0 radical (unpaired) electrons. The number of carbonyl (C=O) groups excluding carboxylic acids is 1. The summed E-state index contributed by atoms with van der Waals surface area (Å²) in [6.45, 7) is 10.3. The lowest BCUT2D eigenvalue weighted by atomic mass is 9.95. The van der Waals surface area contributed by atoms with Crippen LogP contribution in [0.5, 0.6) is 0 Å². The van der Waals surface area contributed by atoms with Gasteiger partial charge < -0.3 is 19.5 Å². The predicted octanol–water partition coefficient (Wildman–Crippen LogP) is 1.56. The average molecular weight is 273 g/mol. The number of hydrogen-bond donors (Lipinski definition) is 1. The number of esters is 1. The summed E-state index contributed by atoms with van der Waals surface area (Å²) in [6, 6.07) is -0.273. The number of nitrogens with one attached hydrogen (secondary N) is 1. The molecule has 0 amide bonds. The highest BCUT2D eigenvalue weighted by atomic mass is 16.7. The van der Waals surface area contributed by atoms with E-state index in [1.165, 1.54) is 7.11 Å². The monoisotopic (exact) mass is 273 g/mol.